The molecule has 42 heteroatoms. The molecule has 18 nitrogen and oxygen atoms in total. The van der Waals surface area contributed by atoms with Crippen LogP contribution in [0.1, 0.15) is 129 Å². The SMILES string of the molecule is C#CC[C@@H]1CC[C@@]2(S(=O)(=O)c3ccc(Cl)cc3)c3c(F)ccc(F)c3OC[C@H]2C1.CS(=O)(=O)N[C@@H]1CC[C@@]2(S(=O)(=O)c3ccc(C(F)(F)F)cc3)c3c(F)ccc(F)c3OC[C@H]2C1.C[C@@H]1CC[C@@]2(S(=O)(=O)c3ccc(C(F)(F)F)cc3)c3c(F)ccc(F)c3OC[C@H]2C1.O=C1CC[C@@]2(S(=O)(=O)c3ccc(C(F)(F)F)cc3)c3c(F)ccc(F)c3OC[C@H]2[C@@H]1CCS(=O)(=O)c1ccccc1. The first-order valence-electron chi connectivity index (χ1n) is 41.6. The molecule has 12 atom stereocenters. The lowest BCUT2D eigenvalue weighted by molar-refractivity contribution is -0.138. The molecule has 0 amide bonds. The van der Waals surface area contributed by atoms with Gasteiger partial charge in [0.05, 0.1) is 102 Å². The lowest BCUT2D eigenvalue weighted by Gasteiger charge is -2.49. The number of terminal acetylenes is 1. The normalized spacial score (nSPS) is 25.0. The van der Waals surface area contributed by atoms with Gasteiger partial charge in [0.1, 0.15) is 48.0 Å². The van der Waals surface area contributed by atoms with Gasteiger partial charge in [-0.2, -0.15) is 39.5 Å². The van der Waals surface area contributed by atoms with E-state index in [0.29, 0.717) is 73.5 Å². The molecule has 0 spiro atoms. The van der Waals surface area contributed by atoms with E-state index in [1.165, 1.54) is 48.5 Å². The Balaban J connectivity index is 0.000000145. The number of fused-ring (bicyclic) bond motifs is 12. The average Bonchev–Trinajstić information content (AvgIpc) is 0.712. The molecule has 0 bridgehead atoms. The van der Waals surface area contributed by atoms with Gasteiger partial charge in [0, 0.05) is 53.5 Å². The molecule has 1 N–H and O–H groups in total. The third-order valence-corrected chi connectivity index (χ3v) is 39.7. The molecule has 4 saturated carbocycles. The molecule has 0 unspecified atom stereocenters. The monoisotopic (exact) mass is 2020 g/mol. The highest BCUT2D eigenvalue weighted by Crippen LogP contribution is 2.63. The molecule has 4 aliphatic heterocycles. The molecule has 134 heavy (non-hydrogen) atoms. The summed E-state index contributed by atoms with van der Waals surface area (Å²) in [5.41, 5.74) is -4.91. The third-order valence-electron chi connectivity index (χ3n) is 26.6. The molecule has 4 heterocycles. The second-order valence-corrected chi connectivity index (χ2v) is 47.4. The number of halogens is 18. The van der Waals surface area contributed by atoms with E-state index in [4.69, 9.17) is 37.0 Å². The summed E-state index contributed by atoms with van der Waals surface area (Å²) in [5.74, 6) is -12.4. The molecule has 4 aliphatic carbocycles. The largest absolute Gasteiger partial charge is 0.490 e. The van der Waals surface area contributed by atoms with E-state index >= 15 is 13.2 Å². The van der Waals surface area contributed by atoms with Crippen LogP contribution in [0.25, 0.3) is 0 Å². The number of hydrogen-bond donors (Lipinski definition) is 1. The zero-order chi connectivity index (χ0) is 97.6. The van der Waals surface area contributed by atoms with Crippen molar-refractivity contribution in [3.8, 4) is 35.3 Å². The second kappa shape index (κ2) is 36.9. The van der Waals surface area contributed by atoms with Crippen molar-refractivity contribution >= 4 is 76.6 Å². The number of Topliss-reactive ketones (excluding diaryl/α,β-unsaturated/α-hetero) is 1. The van der Waals surface area contributed by atoms with Crippen LogP contribution in [0.3, 0.4) is 0 Å². The Morgan fingerprint density at radius 1 is 0.410 bits per heavy atom. The molecule has 0 aromatic heterocycles. The van der Waals surface area contributed by atoms with E-state index in [9.17, 15) is 117 Å². The molecule has 17 rings (SSSR count). The highest BCUT2D eigenvalue weighted by Gasteiger charge is 2.66. The van der Waals surface area contributed by atoms with Crippen LogP contribution < -0.4 is 23.7 Å². The van der Waals surface area contributed by atoms with Gasteiger partial charge in [-0.15, -0.1) is 12.3 Å². The summed E-state index contributed by atoms with van der Waals surface area (Å²) < 4.78 is 414. The predicted octanol–water partition coefficient (Wildman–Crippen LogP) is 19.9. The van der Waals surface area contributed by atoms with Crippen LogP contribution in [0.4, 0.5) is 74.6 Å². The molecular formula is C92H81ClF17NO17S6. The van der Waals surface area contributed by atoms with Crippen LogP contribution >= 0.6 is 11.6 Å². The first-order valence-corrected chi connectivity index (χ1v) is 51.4. The van der Waals surface area contributed by atoms with Gasteiger partial charge in [0.15, 0.2) is 95.5 Å². The fraction of sp³-hybridized carbons (Fsp3) is 0.380. The Labute approximate surface area is 765 Å². The van der Waals surface area contributed by atoms with E-state index < -0.39 is 265 Å². The van der Waals surface area contributed by atoms with Gasteiger partial charge in [-0.25, -0.2) is 90.4 Å². The van der Waals surface area contributed by atoms with Crippen LogP contribution in [0, 0.1) is 100 Å². The number of carbonyl (C=O) groups excluding carboxylic acids is 1. The Morgan fingerprint density at radius 3 is 1.13 bits per heavy atom. The third kappa shape index (κ3) is 17.9. The van der Waals surface area contributed by atoms with E-state index in [2.05, 4.69) is 10.6 Å². The van der Waals surface area contributed by atoms with Gasteiger partial charge in [0.2, 0.25) is 10.0 Å². The Morgan fingerprint density at radius 2 is 0.746 bits per heavy atom. The second-order valence-electron chi connectivity index (χ2n) is 34.2. The van der Waals surface area contributed by atoms with E-state index in [0.717, 1.165) is 91.2 Å². The van der Waals surface area contributed by atoms with Crippen LogP contribution in [0.2, 0.25) is 5.02 Å². The predicted molar refractivity (Wildman–Crippen MR) is 453 cm³/mol. The van der Waals surface area contributed by atoms with Crippen LogP contribution in [0.15, 0.2) is 200 Å². The molecule has 4 fully saturated rings. The number of sulfonamides is 1. The topological polar surface area (TPSA) is 271 Å². The van der Waals surface area contributed by atoms with E-state index in [1.807, 2.05) is 6.92 Å². The molecule has 8 aliphatic rings. The first-order chi connectivity index (χ1) is 62.7. The van der Waals surface area contributed by atoms with Gasteiger partial charge in [-0.1, -0.05) is 36.7 Å². The van der Waals surface area contributed by atoms with Crippen molar-refractivity contribution in [3.63, 3.8) is 0 Å². The lowest BCUT2D eigenvalue weighted by atomic mass is 9.66. The van der Waals surface area contributed by atoms with Crippen molar-refractivity contribution in [2.45, 2.75) is 158 Å². The highest BCUT2D eigenvalue weighted by molar-refractivity contribution is 7.93. The Hall–Kier alpha value is -9.83. The number of ether oxygens (including phenoxy) is 4. The summed E-state index contributed by atoms with van der Waals surface area (Å²) in [5, 5.41) is 0.389. The zero-order valence-corrected chi connectivity index (χ0v) is 76.0. The van der Waals surface area contributed by atoms with Gasteiger partial charge in [0.25, 0.3) is 0 Å². The van der Waals surface area contributed by atoms with Crippen molar-refractivity contribution in [2.24, 2.45) is 41.4 Å². The van der Waals surface area contributed by atoms with Gasteiger partial charge in [-0.3, -0.25) is 4.79 Å². The minimum atomic E-state index is -4.82. The van der Waals surface area contributed by atoms with Crippen LogP contribution in [-0.2, 0) is 102 Å². The van der Waals surface area contributed by atoms with Crippen LogP contribution in [-0.4, -0.2) is 101 Å². The number of ketones is 1. The summed E-state index contributed by atoms with van der Waals surface area (Å²) in [4.78, 5) is 11.8. The van der Waals surface area contributed by atoms with Crippen molar-refractivity contribution in [1.82, 2.24) is 4.72 Å². The maximum atomic E-state index is 15.5. The smallest absolute Gasteiger partial charge is 0.416 e. The summed E-state index contributed by atoms with van der Waals surface area (Å²) in [7, 11) is -25.4. The van der Waals surface area contributed by atoms with Crippen molar-refractivity contribution in [2.75, 3.05) is 38.4 Å². The van der Waals surface area contributed by atoms with Gasteiger partial charge < -0.3 is 18.9 Å². The van der Waals surface area contributed by atoms with Gasteiger partial charge in [-0.05, 0) is 240 Å². The van der Waals surface area contributed by atoms with Crippen molar-refractivity contribution in [3.05, 3.63) is 266 Å². The number of carbonyl (C=O) groups is 1. The fourth-order valence-corrected chi connectivity index (χ4v) is 32.2. The van der Waals surface area contributed by atoms with E-state index in [-0.39, 0.29) is 102 Å². The molecule has 9 aromatic rings. The molecule has 0 saturated heterocycles. The lowest BCUT2D eigenvalue weighted by Crippen LogP contribution is -2.56. The van der Waals surface area contributed by atoms with E-state index in [1.54, 1.807) is 6.07 Å². The number of alkyl halides is 9. The summed E-state index contributed by atoms with van der Waals surface area (Å²) in [6.07, 6.45) is -6.82. The number of sulfone groups is 5. The van der Waals surface area contributed by atoms with Crippen molar-refractivity contribution < 1.29 is 149 Å². The zero-order valence-electron chi connectivity index (χ0n) is 70.4. The summed E-state index contributed by atoms with van der Waals surface area (Å²) >= 11 is 5.92. The molecule has 0 radical (unpaired) electrons. The minimum Gasteiger partial charge on any atom is -0.490 e. The number of benzene rings is 9. The summed E-state index contributed by atoms with van der Waals surface area (Å²) in [6, 6.07) is 27.7. The number of rotatable bonds is 15. The van der Waals surface area contributed by atoms with Crippen molar-refractivity contribution in [1.29, 1.82) is 0 Å². The maximum absolute atomic E-state index is 15.5. The molecule has 718 valence electrons. The summed E-state index contributed by atoms with van der Waals surface area (Å²) in [6.45, 7) is 0.898. The molecule has 9 aromatic carbocycles. The average molecular weight is 2020 g/mol. The first kappa shape index (κ1) is 100. The Bertz CT molecular complexity index is 6830. The number of hydrogen-bond acceptors (Lipinski definition) is 17. The highest BCUT2D eigenvalue weighted by atomic mass is 35.5. The standard InChI is InChI=1S/C28H23F5O6S2.C22H19ClF2O3S.C21H20F5NO5S2.C21H19F5O3S/c29-22-10-11-23(30)26-25(22)27(41(37,38)19-8-6-17(7-9-19)28(31,32)33)14-12-24(34)20(21(27)16-39-26)13-15-40(35,36)18-4-2-1-3-5-18;1-2-3-14-10-11-22(29(26,27)17-6-4-16(23)5-7-17)15(12-14)13-28-21-19(25)9-8-18(24)20(21)22;1-33(28,29)27-14-8-9-20(34(30,31)15-4-2-12(3-5-15)21(24,25)26)13(10-14)11-32-19-17(23)7-6-16(22)18(19)20;1-12-8-9-20(30(27,28)15-4-2-13(3-5-15)21(24,25)26)14(10-12)11-29-19-17(23)7-6-16(22)18(19)20/h1-11,20-21H,12-16H2;1,4-9,14-15H,3,10-13H2;2-7,13-14,27H,8-11H2,1H3;2-7,12,14H,8-11H2,1H3/t20-,21-,27-;14-,15-,22+;13-,14-,20+;12-,14-,20+/m0111/s1. The van der Waals surface area contributed by atoms with Gasteiger partial charge >= 0.3 is 18.5 Å². The minimum absolute atomic E-state index is 0.00903. The quantitative estimate of drug-likeness (QED) is 0.0738. The fourth-order valence-electron chi connectivity index (χ4n) is 20.4. The maximum Gasteiger partial charge on any atom is 0.416 e. The number of nitrogens with one attached hydrogen (secondary N) is 1. The van der Waals surface area contributed by atoms with Crippen LogP contribution in [0.5, 0.6) is 23.0 Å². The Kier molecular flexibility index (Phi) is 27.6. The molecular weight excluding hydrogens is 1940 g/mol.